The third-order valence-corrected chi connectivity index (χ3v) is 5.21. The number of benzene rings is 2. The van der Waals surface area contributed by atoms with E-state index in [1.54, 1.807) is 21.1 Å². The first-order valence-electron chi connectivity index (χ1n) is 8.67. The van der Waals surface area contributed by atoms with E-state index in [0.717, 1.165) is 17.4 Å². The topological polar surface area (TPSA) is 91.8 Å². The average Bonchev–Trinajstić information content (AvgIpc) is 2.67. The summed E-state index contributed by atoms with van der Waals surface area (Å²) in [4.78, 5) is 4.07. The highest BCUT2D eigenvalue weighted by Gasteiger charge is 2.12. The summed E-state index contributed by atoms with van der Waals surface area (Å²) in [5.74, 6) is 0.578. The fourth-order valence-corrected chi connectivity index (χ4v) is 3.34. The number of hydrogen-bond donors (Lipinski definition) is 3. The number of aryl methyl sites for hydroxylation is 1. The Hall–Kier alpha value is -2.81. The zero-order valence-corrected chi connectivity index (χ0v) is 16.9. The number of methoxy groups -OCH3 is 1. The summed E-state index contributed by atoms with van der Waals surface area (Å²) in [5.41, 5.74) is 1.65. The second kappa shape index (κ2) is 9.93. The third kappa shape index (κ3) is 6.73. The van der Waals surface area contributed by atoms with Crippen LogP contribution in [0.5, 0.6) is 5.75 Å². The number of anilines is 1. The van der Waals surface area contributed by atoms with Crippen LogP contribution in [0.4, 0.5) is 10.1 Å². The number of hydrogen-bond acceptors (Lipinski definition) is 4. The van der Waals surface area contributed by atoms with Crippen molar-refractivity contribution in [3.63, 3.8) is 0 Å². The lowest BCUT2D eigenvalue weighted by Gasteiger charge is -2.13. The zero-order chi connectivity index (χ0) is 20.6. The van der Waals surface area contributed by atoms with Crippen molar-refractivity contribution in [2.24, 2.45) is 4.99 Å². The normalized spacial score (nSPS) is 11.8. The molecule has 152 valence electrons. The predicted molar refractivity (Wildman–Crippen MR) is 110 cm³/mol. The first-order valence-corrected chi connectivity index (χ1v) is 10.3. The molecule has 0 saturated carbocycles. The second-order valence-corrected chi connectivity index (χ2v) is 7.93. The van der Waals surface area contributed by atoms with Crippen molar-refractivity contribution in [1.29, 1.82) is 0 Å². The Morgan fingerprint density at radius 1 is 1.18 bits per heavy atom. The predicted octanol–water partition coefficient (Wildman–Crippen LogP) is 2.25. The van der Waals surface area contributed by atoms with Gasteiger partial charge in [0.25, 0.3) is 0 Å². The smallest absolute Gasteiger partial charge is 0.234 e. The highest BCUT2D eigenvalue weighted by molar-refractivity contribution is 7.92. The first-order chi connectivity index (χ1) is 13.3. The monoisotopic (exact) mass is 408 g/mol. The standard InChI is InChI=1S/C19H25FN4O3S/c1-14-7-8-16(12-18(14)20)24-28(25,26)10-9-22-19(21-2)23-13-15-5-4-6-17(11-15)27-3/h4-8,11-12,24H,9-10,13H2,1-3H3,(H2,21,22,23). The number of nitrogens with one attached hydrogen (secondary N) is 3. The number of guanidine groups is 1. The van der Waals surface area contributed by atoms with E-state index in [1.807, 2.05) is 24.3 Å². The van der Waals surface area contributed by atoms with Gasteiger partial charge in [-0.2, -0.15) is 0 Å². The quantitative estimate of drug-likeness (QED) is 0.460. The second-order valence-electron chi connectivity index (χ2n) is 6.09. The lowest BCUT2D eigenvalue weighted by molar-refractivity contribution is 0.414. The molecule has 0 radical (unpaired) electrons. The maximum atomic E-state index is 13.6. The molecule has 2 aromatic rings. The van der Waals surface area contributed by atoms with Crippen LogP contribution in [0, 0.1) is 12.7 Å². The number of halogens is 1. The minimum absolute atomic E-state index is 0.140. The van der Waals surface area contributed by atoms with Crippen molar-refractivity contribution in [3.8, 4) is 5.75 Å². The molecule has 7 nitrogen and oxygen atoms in total. The number of rotatable bonds is 8. The Balaban J connectivity index is 1.83. The molecular weight excluding hydrogens is 383 g/mol. The lowest BCUT2D eigenvalue weighted by atomic mass is 10.2. The van der Waals surface area contributed by atoms with Gasteiger partial charge in [-0.1, -0.05) is 18.2 Å². The highest BCUT2D eigenvalue weighted by Crippen LogP contribution is 2.15. The summed E-state index contributed by atoms with van der Waals surface area (Å²) in [5, 5.41) is 6.05. The lowest BCUT2D eigenvalue weighted by Crippen LogP contribution is -2.39. The van der Waals surface area contributed by atoms with E-state index in [0.29, 0.717) is 18.1 Å². The Kier molecular flexibility index (Phi) is 7.62. The Morgan fingerprint density at radius 3 is 2.64 bits per heavy atom. The Labute approximate surface area is 165 Å². The molecule has 0 heterocycles. The van der Waals surface area contributed by atoms with Crippen LogP contribution >= 0.6 is 0 Å². The van der Waals surface area contributed by atoms with Gasteiger partial charge in [-0.05, 0) is 42.3 Å². The fourth-order valence-electron chi connectivity index (χ4n) is 2.38. The Bertz CT molecular complexity index is 933. The molecule has 3 N–H and O–H groups in total. The van der Waals surface area contributed by atoms with Gasteiger partial charge in [0.15, 0.2) is 5.96 Å². The molecule has 9 heteroatoms. The van der Waals surface area contributed by atoms with Gasteiger partial charge >= 0.3 is 0 Å². The highest BCUT2D eigenvalue weighted by atomic mass is 32.2. The summed E-state index contributed by atoms with van der Waals surface area (Å²) in [6.45, 7) is 2.26. The maximum Gasteiger partial charge on any atom is 0.234 e. The van der Waals surface area contributed by atoms with Crippen molar-refractivity contribution in [1.82, 2.24) is 10.6 Å². The van der Waals surface area contributed by atoms with E-state index in [4.69, 9.17) is 4.74 Å². The van der Waals surface area contributed by atoms with Crippen LogP contribution in [-0.2, 0) is 16.6 Å². The van der Waals surface area contributed by atoms with Crippen LogP contribution in [0.2, 0.25) is 0 Å². The van der Waals surface area contributed by atoms with E-state index in [2.05, 4.69) is 20.3 Å². The molecule has 2 rings (SSSR count). The van der Waals surface area contributed by atoms with Crippen molar-refractivity contribution in [3.05, 3.63) is 59.4 Å². The summed E-state index contributed by atoms with van der Waals surface area (Å²) in [6, 6.07) is 11.8. The van der Waals surface area contributed by atoms with Crippen LogP contribution in [0.3, 0.4) is 0 Å². The molecular formula is C19H25FN4O3S. The van der Waals surface area contributed by atoms with Gasteiger partial charge in [0.1, 0.15) is 11.6 Å². The minimum atomic E-state index is -3.62. The van der Waals surface area contributed by atoms with Gasteiger partial charge < -0.3 is 15.4 Å². The van der Waals surface area contributed by atoms with Crippen LogP contribution in [0.15, 0.2) is 47.5 Å². The molecule has 0 atom stereocenters. The van der Waals surface area contributed by atoms with Gasteiger partial charge in [0.05, 0.1) is 18.6 Å². The van der Waals surface area contributed by atoms with Crippen LogP contribution in [-0.4, -0.2) is 40.8 Å². The molecule has 0 spiro atoms. The molecule has 28 heavy (non-hydrogen) atoms. The van der Waals surface area contributed by atoms with Gasteiger partial charge in [-0.15, -0.1) is 0 Å². The van der Waals surface area contributed by atoms with E-state index >= 15 is 0 Å². The minimum Gasteiger partial charge on any atom is -0.497 e. The fraction of sp³-hybridized carbons (Fsp3) is 0.316. The molecule has 0 unspecified atom stereocenters. The van der Waals surface area contributed by atoms with E-state index in [9.17, 15) is 12.8 Å². The van der Waals surface area contributed by atoms with Gasteiger partial charge in [0.2, 0.25) is 10.0 Å². The molecule has 0 saturated heterocycles. The van der Waals surface area contributed by atoms with Crippen LogP contribution < -0.4 is 20.1 Å². The molecule has 0 aromatic heterocycles. The van der Waals surface area contributed by atoms with Crippen molar-refractivity contribution < 1.29 is 17.5 Å². The SMILES string of the molecule is CN=C(NCCS(=O)(=O)Nc1ccc(C)c(F)c1)NCc1cccc(OC)c1. The third-order valence-electron chi connectivity index (χ3n) is 3.93. The summed E-state index contributed by atoms with van der Waals surface area (Å²) in [6.07, 6.45) is 0. The number of nitrogens with zero attached hydrogens (tertiary/aromatic N) is 1. The molecule has 0 bridgehead atoms. The molecule has 0 amide bonds. The maximum absolute atomic E-state index is 13.6. The number of ether oxygens (including phenoxy) is 1. The number of aliphatic imine (C=N–C) groups is 1. The first kappa shape index (κ1) is 21.5. The number of sulfonamides is 1. The van der Waals surface area contributed by atoms with Crippen molar-refractivity contribution in [2.75, 3.05) is 31.2 Å². The van der Waals surface area contributed by atoms with Gasteiger partial charge in [0, 0.05) is 20.1 Å². The van der Waals surface area contributed by atoms with Gasteiger partial charge in [-0.25, -0.2) is 12.8 Å². The molecule has 0 aliphatic rings. The van der Waals surface area contributed by atoms with Crippen LogP contribution in [0.25, 0.3) is 0 Å². The molecule has 2 aromatic carbocycles. The summed E-state index contributed by atoms with van der Waals surface area (Å²) < 4.78 is 45.4. The van der Waals surface area contributed by atoms with E-state index in [1.165, 1.54) is 12.1 Å². The molecule has 0 fully saturated rings. The summed E-state index contributed by atoms with van der Waals surface area (Å²) >= 11 is 0. The molecule has 0 aliphatic carbocycles. The van der Waals surface area contributed by atoms with Gasteiger partial charge in [-0.3, -0.25) is 9.71 Å². The Morgan fingerprint density at radius 2 is 1.96 bits per heavy atom. The van der Waals surface area contributed by atoms with Crippen molar-refractivity contribution in [2.45, 2.75) is 13.5 Å². The average molecular weight is 408 g/mol. The zero-order valence-electron chi connectivity index (χ0n) is 16.1. The van der Waals surface area contributed by atoms with Crippen molar-refractivity contribution >= 4 is 21.7 Å². The largest absolute Gasteiger partial charge is 0.497 e. The van der Waals surface area contributed by atoms with E-state index in [-0.39, 0.29) is 18.0 Å². The van der Waals surface area contributed by atoms with Crippen LogP contribution in [0.1, 0.15) is 11.1 Å². The van der Waals surface area contributed by atoms with E-state index < -0.39 is 15.8 Å². The molecule has 0 aliphatic heterocycles. The summed E-state index contributed by atoms with van der Waals surface area (Å²) in [7, 11) is -0.419.